The Balaban J connectivity index is 1.20. The number of aliphatic carboxylic acids is 1. The lowest BCUT2D eigenvalue weighted by atomic mass is 9.97. The molecule has 40 nitrogen and oxygen atoms in total. The van der Waals surface area contributed by atoms with Crippen molar-refractivity contribution in [2.24, 2.45) is 40.9 Å². The van der Waals surface area contributed by atoms with Crippen molar-refractivity contribution in [3.8, 4) is 16.9 Å². The zero-order valence-corrected chi connectivity index (χ0v) is 77.7. The Morgan fingerprint density at radius 1 is 0.459 bits per heavy atom. The van der Waals surface area contributed by atoms with Crippen molar-refractivity contribution in [2.45, 2.75) is 224 Å². The highest BCUT2D eigenvalue weighted by molar-refractivity contribution is 8.00. The molecule has 0 unspecified atom stereocenters. The normalized spacial score (nSPS) is 23.8. The maximum Gasteiger partial charge on any atom is 0.305 e. The first kappa shape index (κ1) is 107. The third kappa shape index (κ3) is 32.5. The summed E-state index contributed by atoms with van der Waals surface area (Å²) in [6.45, 7) is 12.9. The molecule has 2 aliphatic heterocycles. The van der Waals surface area contributed by atoms with E-state index in [2.05, 4.69) is 79.4 Å². The average molecular weight is 1890 g/mol. The Hall–Kier alpha value is -13.8. The van der Waals surface area contributed by atoms with Crippen molar-refractivity contribution in [3.63, 3.8) is 0 Å². The van der Waals surface area contributed by atoms with Crippen molar-refractivity contribution in [3.05, 3.63) is 162 Å². The molecule has 6 aromatic rings. The van der Waals surface area contributed by atoms with E-state index in [0.29, 0.717) is 44.9 Å². The average Bonchev–Trinajstić information content (AvgIpc) is 1.66. The fourth-order valence-corrected chi connectivity index (χ4v) is 16.3. The number of carboxylic acids is 1. The number of hydrogen-bond acceptors (Lipinski definition) is 22. The third-order valence-corrected chi connectivity index (χ3v) is 23.7. The highest BCUT2D eigenvalue weighted by atomic mass is 32.2. The summed E-state index contributed by atoms with van der Waals surface area (Å²) in [7, 11) is 0. The second kappa shape index (κ2) is 51.4. The molecule has 0 saturated carbocycles. The van der Waals surface area contributed by atoms with E-state index in [1.165, 1.54) is 45.0 Å². The SMILES string of the molecule is CC(C)C[C@@H]1NC(=O)[C@H](Cc2c[nH]c3ccccc23)NC(=O)[C@H](CC(=O)O)NC(=O)[C@H](Cc2ccc(O)cc2)NC(=O)[C@H](Cc2ccccc2)NC(=O)CSC[C@@H](C(=O)N[C@@H](C)C(N)=O)NC(=O)[C@H](CO)NC(=O)[C@H](C(C)C)NC(=O)[C@H](CC(C)C)NC(=O)[C@H](CC(N)=O)NC(=O)[C@H]2CCCN2C(=O)[C@@H](CCN)NC(=O)[C@H](C(C)C)NC(=O)[C@H](Cc2ccc(-c3ccccc3)cc2)NC1=O. The molecule has 135 heavy (non-hydrogen) atoms. The van der Waals surface area contributed by atoms with Gasteiger partial charge in [-0.1, -0.05) is 171 Å². The number of H-pyrrole nitrogens is 1. The monoisotopic (exact) mass is 1890 g/mol. The van der Waals surface area contributed by atoms with Crippen LogP contribution < -0.4 is 91.6 Å². The molecule has 728 valence electrons. The number of aliphatic hydroxyl groups is 1. The number of nitrogens with one attached hydrogen (secondary N) is 15. The van der Waals surface area contributed by atoms with Gasteiger partial charge >= 0.3 is 5.97 Å². The van der Waals surface area contributed by atoms with Crippen LogP contribution in [0.3, 0.4) is 0 Å². The van der Waals surface area contributed by atoms with Crippen molar-refractivity contribution in [1.82, 2.24) is 84.3 Å². The van der Waals surface area contributed by atoms with Gasteiger partial charge in [0.1, 0.15) is 96.4 Å². The number of nitrogens with zero attached hydrogens (tertiary/aromatic N) is 1. The minimum Gasteiger partial charge on any atom is -0.508 e. The molecular formula is C94H125N19O21S. The number of carbonyl (C=O) groups is 18. The molecule has 24 N–H and O–H groups in total. The number of carbonyl (C=O) groups excluding carboxylic acids is 17. The van der Waals surface area contributed by atoms with Gasteiger partial charge in [-0.25, -0.2) is 0 Å². The van der Waals surface area contributed by atoms with E-state index in [1.807, 2.05) is 30.3 Å². The zero-order chi connectivity index (χ0) is 99.0. The molecule has 0 bridgehead atoms. The number of carboxylic acid groups (broad SMARTS) is 1. The second-order valence-corrected chi connectivity index (χ2v) is 36.2. The second-order valence-electron chi connectivity index (χ2n) is 35.2. The summed E-state index contributed by atoms with van der Waals surface area (Å²) in [5.74, 6) is -22.8. The van der Waals surface area contributed by atoms with Crippen molar-refractivity contribution < 1.29 is 102 Å². The number of fused-ring (bicyclic) bond motifs is 2. The molecule has 0 spiro atoms. The molecule has 2 saturated heterocycles. The van der Waals surface area contributed by atoms with Gasteiger partial charge in [0.05, 0.1) is 25.2 Å². The number of rotatable bonds is 25. The van der Waals surface area contributed by atoms with Crippen LogP contribution in [0.15, 0.2) is 140 Å². The Morgan fingerprint density at radius 3 is 1.39 bits per heavy atom. The van der Waals surface area contributed by atoms with Crippen molar-refractivity contribution >= 4 is 129 Å². The Kier molecular flexibility index (Phi) is 40.6. The van der Waals surface area contributed by atoms with Gasteiger partial charge in [-0.2, -0.15) is 0 Å². The predicted molar refractivity (Wildman–Crippen MR) is 499 cm³/mol. The van der Waals surface area contributed by atoms with Crippen LogP contribution >= 0.6 is 11.8 Å². The molecule has 0 aliphatic carbocycles. The number of amides is 17. The summed E-state index contributed by atoms with van der Waals surface area (Å²) in [6.07, 6.45) is -2.02. The first-order valence-electron chi connectivity index (χ1n) is 44.8. The van der Waals surface area contributed by atoms with Crippen LogP contribution in [0, 0.1) is 23.7 Å². The number of primary amides is 2. The lowest BCUT2D eigenvalue weighted by Crippen LogP contribution is -2.62. The number of aromatic hydroxyl groups is 1. The van der Waals surface area contributed by atoms with Crippen LogP contribution in [-0.2, 0) is 112 Å². The molecule has 17 amide bonds. The Labute approximate surface area is 785 Å². The Morgan fingerprint density at radius 2 is 0.881 bits per heavy atom. The van der Waals surface area contributed by atoms with Crippen LogP contribution in [0.25, 0.3) is 22.0 Å². The largest absolute Gasteiger partial charge is 0.508 e. The van der Waals surface area contributed by atoms with Gasteiger partial charge in [-0.3, -0.25) is 86.3 Å². The number of aromatic amines is 1. The summed E-state index contributed by atoms with van der Waals surface area (Å²) >= 11 is 0.703. The number of thioether (sulfide) groups is 1. The summed E-state index contributed by atoms with van der Waals surface area (Å²) in [6, 6.07) is 12.5. The van der Waals surface area contributed by atoms with Crippen molar-refractivity contribution in [2.75, 3.05) is 31.2 Å². The molecule has 1 aromatic heterocycles. The topological polar surface area (TPSA) is 633 Å². The summed E-state index contributed by atoms with van der Waals surface area (Å²) in [5.41, 5.74) is 21.2. The van der Waals surface area contributed by atoms with Gasteiger partial charge in [0.2, 0.25) is 100 Å². The number of para-hydroxylation sites is 1. The van der Waals surface area contributed by atoms with E-state index >= 15 is 28.8 Å². The summed E-state index contributed by atoms with van der Waals surface area (Å²) in [5, 5.41) is 68.4. The minimum atomic E-state index is -2.07. The van der Waals surface area contributed by atoms with Crippen LogP contribution in [0.2, 0.25) is 0 Å². The van der Waals surface area contributed by atoms with E-state index in [4.69, 9.17) is 17.2 Å². The number of nitrogens with two attached hydrogens (primary N) is 3. The first-order valence-corrected chi connectivity index (χ1v) is 46.0. The van der Waals surface area contributed by atoms with Gasteiger partial charge in [-0.05, 0) is 121 Å². The maximum absolute atomic E-state index is 15.5. The number of phenolic OH excluding ortho intramolecular Hbond substituents is 1. The summed E-state index contributed by atoms with van der Waals surface area (Å²) in [4.78, 5) is 265. The van der Waals surface area contributed by atoms with Gasteiger partial charge in [0, 0.05) is 55.1 Å². The molecule has 41 heteroatoms. The number of aromatic nitrogens is 1. The van der Waals surface area contributed by atoms with Gasteiger partial charge in [0.15, 0.2) is 0 Å². The molecule has 0 radical (unpaired) electrons. The molecule has 15 atom stereocenters. The van der Waals surface area contributed by atoms with Crippen LogP contribution in [0.4, 0.5) is 0 Å². The van der Waals surface area contributed by atoms with E-state index in [0.717, 1.165) is 16.0 Å². The summed E-state index contributed by atoms with van der Waals surface area (Å²) < 4.78 is 0. The third-order valence-electron chi connectivity index (χ3n) is 22.7. The number of hydrogen-bond donors (Lipinski definition) is 21. The minimum absolute atomic E-state index is 0.00930. The van der Waals surface area contributed by atoms with Crippen LogP contribution in [0.5, 0.6) is 5.75 Å². The van der Waals surface area contributed by atoms with Gasteiger partial charge < -0.3 is 117 Å². The van der Waals surface area contributed by atoms with Gasteiger partial charge in [-0.15, -0.1) is 11.8 Å². The fourth-order valence-electron chi connectivity index (χ4n) is 15.4. The highest BCUT2D eigenvalue weighted by Crippen LogP contribution is 2.26. The zero-order valence-electron chi connectivity index (χ0n) is 76.8. The molecule has 5 aromatic carbocycles. The number of phenols is 1. The van der Waals surface area contributed by atoms with E-state index in [1.54, 1.807) is 127 Å². The Bertz CT molecular complexity index is 5180. The lowest BCUT2D eigenvalue weighted by Gasteiger charge is -2.32. The van der Waals surface area contributed by atoms with E-state index < -0.39 is 252 Å². The molecular weight excluding hydrogens is 1760 g/mol. The molecule has 3 heterocycles. The first-order chi connectivity index (χ1) is 64.1. The van der Waals surface area contributed by atoms with Crippen LogP contribution in [-0.4, -0.2) is 253 Å². The number of benzene rings is 5. The standard InChI is InChI=1S/C94H125N19O21S/c1-49(2)37-64-81(121)105-68(40-55-26-30-58(31-27-55)57-21-14-11-15-22-57)88(128)112-78(51(5)6)92(132)101-63(34-35-95)94(134)113-36-18-25-74(113)91(131)108-70(43-75(96)116)85(125)103-65(38-50(3)4)87(127)111-79(52(7)8)93(133)109-72(46-114)89(129)110-73(90(130)99-53(9)80(97)120)47-135-48-76(117)100-66(39-54-19-12-10-13-20-54)82(122)104-67(41-56-28-32-60(115)33-29-56)83(123)107-71(44-77(118)119)86(126)106-69(84(124)102-64)42-59-45-98-62-24-17-16-23-61(59)62/h10-17,19-24,26-33,45,49-53,63-74,78-79,98,114-115H,18,25,34-44,46-48,95H2,1-9H3,(H2,96,116)(H2,97,120)(H,99,130)(H,100,117)(H,101,132)(H,102,124)(H,103,125)(H,104,122)(H,105,121)(H,106,126)(H,107,123)(H,108,131)(H,109,133)(H,110,129)(H,111,127)(H,112,128)(H,118,119)/t53-,63+,64-,65-,66-,67-,68-,69-,70-,71-,72-,73-,74+,78-,79-/m0/s1. The fraction of sp³-hybridized carbons (Fsp3) is 0.468. The molecule has 2 aliphatic rings. The molecule has 2 fully saturated rings. The smallest absolute Gasteiger partial charge is 0.305 e. The lowest BCUT2D eigenvalue weighted by molar-refractivity contribution is -0.143. The predicted octanol–water partition coefficient (Wildman–Crippen LogP) is -1.06. The quantitative estimate of drug-likeness (QED) is 0.0325. The molecule has 8 rings (SSSR count). The van der Waals surface area contributed by atoms with Gasteiger partial charge in [0.25, 0.3) is 0 Å². The van der Waals surface area contributed by atoms with Crippen LogP contribution in [0.1, 0.15) is 130 Å². The van der Waals surface area contributed by atoms with E-state index in [-0.39, 0.29) is 76.1 Å². The highest BCUT2D eigenvalue weighted by Gasteiger charge is 2.43. The maximum atomic E-state index is 15.5. The van der Waals surface area contributed by atoms with E-state index in [9.17, 15) is 72.9 Å². The van der Waals surface area contributed by atoms with Crippen molar-refractivity contribution in [1.29, 1.82) is 0 Å². The number of aliphatic hydroxyl groups excluding tert-OH is 1.